The number of methoxy groups -OCH3 is 1. The van der Waals surface area contributed by atoms with Gasteiger partial charge in [0.2, 0.25) is 0 Å². The molecule has 0 radical (unpaired) electrons. The van der Waals surface area contributed by atoms with E-state index in [0.29, 0.717) is 25.5 Å². The van der Waals surface area contributed by atoms with Crippen LogP contribution in [0.5, 0.6) is 11.5 Å². The first-order valence-electron chi connectivity index (χ1n) is 5.98. The van der Waals surface area contributed by atoms with Gasteiger partial charge >= 0.3 is 0 Å². The van der Waals surface area contributed by atoms with E-state index in [1.807, 2.05) is 0 Å². The highest BCUT2D eigenvalue weighted by Crippen LogP contribution is 2.23. The monoisotopic (exact) mass is 331 g/mol. The first-order chi connectivity index (χ1) is 9.19. The second kappa shape index (κ2) is 8.77. The Hall–Kier alpha value is -1.27. The molecule has 0 saturated carbocycles. The number of aromatic hydroxyl groups is 1. The van der Waals surface area contributed by atoms with Crippen LogP contribution in [0.1, 0.15) is 16.8 Å². The lowest BCUT2D eigenvalue weighted by Crippen LogP contribution is -2.25. The first kappa shape index (κ1) is 15.8. The van der Waals surface area contributed by atoms with Gasteiger partial charge in [-0.2, -0.15) is 0 Å². The third kappa shape index (κ3) is 5.48. The van der Waals surface area contributed by atoms with Crippen LogP contribution in [0.3, 0.4) is 0 Å². The second-order valence-electron chi connectivity index (χ2n) is 3.79. The number of rotatable bonds is 8. The second-order valence-corrected chi connectivity index (χ2v) is 4.59. The van der Waals surface area contributed by atoms with Crippen LogP contribution < -0.4 is 10.1 Å². The van der Waals surface area contributed by atoms with E-state index in [4.69, 9.17) is 9.47 Å². The Kier molecular flexibility index (Phi) is 7.28. The molecule has 1 aromatic carbocycles. The lowest BCUT2D eigenvalue weighted by molar-refractivity contribution is 0.0942. The summed E-state index contributed by atoms with van der Waals surface area (Å²) in [6, 6.07) is 4.58. The smallest absolute Gasteiger partial charge is 0.255 e. The van der Waals surface area contributed by atoms with Crippen LogP contribution in [-0.2, 0) is 4.74 Å². The van der Waals surface area contributed by atoms with E-state index in [-0.39, 0.29) is 17.2 Å². The van der Waals surface area contributed by atoms with Crippen LogP contribution in [0.4, 0.5) is 0 Å². The van der Waals surface area contributed by atoms with Crippen molar-refractivity contribution in [3.8, 4) is 11.5 Å². The van der Waals surface area contributed by atoms with Gasteiger partial charge in [-0.05, 0) is 18.6 Å². The molecule has 19 heavy (non-hydrogen) atoms. The largest absolute Gasteiger partial charge is 0.507 e. The summed E-state index contributed by atoms with van der Waals surface area (Å²) in [5.74, 6) is 0.116. The van der Waals surface area contributed by atoms with E-state index in [1.54, 1.807) is 6.07 Å². The molecule has 0 spiro atoms. The van der Waals surface area contributed by atoms with Crippen molar-refractivity contribution in [2.75, 3.05) is 32.2 Å². The van der Waals surface area contributed by atoms with Gasteiger partial charge in [-0.25, -0.2) is 0 Å². The van der Waals surface area contributed by atoms with Gasteiger partial charge in [0, 0.05) is 24.5 Å². The molecule has 5 nitrogen and oxygen atoms in total. The number of ether oxygens (including phenoxy) is 2. The lowest BCUT2D eigenvalue weighted by Gasteiger charge is -2.08. The van der Waals surface area contributed by atoms with Crippen molar-refractivity contribution in [2.24, 2.45) is 0 Å². The van der Waals surface area contributed by atoms with Gasteiger partial charge in [0.25, 0.3) is 5.91 Å². The van der Waals surface area contributed by atoms with Crippen LogP contribution >= 0.6 is 15.9 Å². The lowest BCUT2D eigenvalue weighted by atomic mass is 10.2. The van der Waals surface area contributed by atoms with Crippen molar-refractivity contribution in [3.05, 3.63) is 23.8 Å². The Morgan fingerprint density at radius 2 is 2.21 bits per heavy atom. The average molecular weight is 332 g/mol. The topological polar surface area (TPSA) is 67.8 Å². The van der Waals surface area contributed by atoms with Crippen LogP contribution in [0.2, 0.25) is 0 Å². The maximum atomic E-state index is 11.8. The molecule has 0 saturated heterocycles. The number of halogens is 1. The minimum atomic E-state index is -0.305. The number of phenols is 1. The maximum Gasteiger partial charge on any atom is 0.255 e. The van der Waals surface area contributed by atoms with Crippen molar-refractivity contribution < 1.29 is 19.4 Å². The average Bonchev–Trinajstić information content (AvgIpc) is 2.42. The summed E-state index contributed by atoms with van der Waals surface area (Å²) in [7, 11) is 1.50. The summed E-state index contributed by atoms with van der Waals surface area (Å²) in [5.41, 5.74) is 0.238. The van der Waals surface area contributed by atoms with Crippen molar-refractivity contribution in [1.82, 2.24) is 5.32 Å². The summed E-state index contributed by atoms with van der Waals surface area (Å²) in [6.07, 6.45) is 0.732. The summed E-state index contributed by atoms with van der Waals surface area (Å²) >= 11 is 3.26. The van der Waals surface area contributed by atoms with Crippen LogP contribution in [0.25, 0.3) is 0 Å². The Bertz CT molecular complexity index is 412. The molecule has 1 aromatic rings. The normalized spacial score (nSPS) is 10.2. The fourth-order valence-corrected chi connectivity index (χ4v) is 1.69. The summed E-state index contributed by atoms with van der Waals surface area (Å²) in [4.78, 5) is 11.8. The molecule has 0 fully saturated rings. The molecule has 1 amide bonds. The van der Waals surface area contributed by atoms with Gasteiger partial charge in [-0.1, -0.05) is 15.9 Å². The molecule has 106 valence electrons. The predicted octanol–water partition coefficient (Wildman–Crippen LogP) is 1.93. The van der Waals surface area contributed by atoms with E-state index in [0.717, 1.165) is 11.8 Å². The molecule has 0 aliphatic heterocycles. The molecular formula is C13H18BrNO4. The predicted molar refractivity (Wildman–Crippen MR) is 76.2 cm³/mol. The molecule has 0 unspecified atom stereocenters. The highest BCUT2D eigenvalue weighted by Gasteiger charge is 2.11. The van der Waals surface area contributed by atoms with Crippen molar-refractivity contribution in [2.45, 2.75) is 6.42 Å². The summed E-state index contributed by atoms with van der Waals surface area (Å²) < 4.78 is 10.2. The molecule has 2 N–H and O–H groups in total. The van der Waals surface area contributed by atoms with E-state index in [1.165, 1.54) is 19.2 Å². The summed E-state index contributed by atoms with van der Waals surface area (Å²) in [5, 5.41) is 13.2. The molecule has 6 heteroatoms. The number of carbonyl (C=O) groups is 1. The van der Waals surface area contributed by atoms with Crippen molar-refractivity contribution in [3.63, 3.8) is 0 Å². The number of hydrogen-bond donors (Lipinski definition) is 2. The van der Waals surface area contributed by atoms with Crippen LogP contribution in [0, 0.1) is 0 Å². The standard InChI is InChI=1S/C13H18BrNO4/c1-18-10-3-4-11(12(16)9-10)13(17)15-6-2-7-19-8-5-14/h3-4,9,16H,2,5-8H2,1H3,(H,15,17). The molecule has 0 aliphatic carbocycles. The van der Waals surface area contributed by atoms with Gasteiger partial charge in [-0.3, -0.25) is 4.79 Å². The van der Waals surface area contributed by atoms with E-state index < -0.39 is 0 Å². The molecular weight excluding hydrogens is 314 g/mol. The number of alkyl halides is 1. The third-order valence-corrected chi connectivity index (χ3v) is 2.75. The van der Waals surface area contributed by atoms with E-state index in [2.05, 4.69) is 21.2 Å². The number of nitrogens with one attached hydrogen (secondary N) is 1. The number of carbonyl (C=O) groups excluding carboxylic acids is 1. The fourth-order valence-electron chi connectivity index (χ4n) is 1.46. The van der Waals surface area contributed by atoms with E-state index >= 15 is 0 Å². The Labute approximate surface area is 121 Å². The van der Waals surface area contributed by atoms with Crippen molar-refractivity contribution >= 4 is 21.8 Å². The SMILES string of the molecule is COc1ccc(C(=O)NCCCOCCBr)c(O)c1. The highest BCUT2D eigenvalue weighted by atomic mass is 79.9. The van der Waals surface area contributed by atoms with E-state index in [9.17, 15) is 9.90 Å². The van der Waals surface area contributed by atoms with Gasteiger partial charge in [-0.15, -0.1) is 0 Å². The third-order valence-electron chi connectivity index (χ3n) is 2.42. The highest BCUT2D eigenvalue weighted by molar-refractivity contribution is 9.09. The van der Waals surface area contributed by atoms with Crippen molar-refractivity contribution in [1.29, 1.82) is 0 Å². The zero-order chi connectivity index (χ0) is 14.1. The molecule has 0 aliphatic rings. The van der Waals surface area contributed by atoms with Crippen LogP contribution in [0.15, 0.2) is 18.2 Å². The number of phenolic OH excluding ortho intramolecular Hbond substituents is 1. The first-order valence-corrected chi connectivity index (χ1v) is 7.10. The Morgan fingerprint density at radius 3 is 2.84 bits per heavy atom. The molecule has 1 rings (SSSR count). The maximum absolute atomic E-state index is 11.8. The summed E-state index contributed by atoms with van der Waals surface area (Å²) in [6.45, 7) is 1.76. The van der Waals surface area contributed by atoms with Gasteiger partial charge in [0.1, 0.15) is 11.5 Å². The van der Waals surface area contributed by atoms with Gasteiger partial charge in [0.15, 0.2) is 0 Å². The molecule has 0 atom stereocenters. The minimum absolute atomic E-state index is 0.0904. The zero-order valence-electron chi connectivity index (χ0n) is 10.8. The molecule has 0 bridgehead atoms. The Balaban J connectivity index is 2.37. The Morgan fingerprint density at radius 1 is 1.42 bits per heavy atom. The zero-order valence-corrected chi connectivity index (χ0v) is 12.4. The van der Waals surface area contributed by atoms with Crippen LogP contribution in [-0.4, -0.2) is 43.2 Å². The molecule has 0 heterocycles. The number of benzene rings is 1. The minimum Gasteiger partial charge on any atom is -0.507 e. The molecule has 0 aromatic heterocycles. The van der Waals surface area contributed by atoms with Gasteiger partial charge in [0.05, 0.1) is 19.3 Å². The number of hydrogen-bond acceptors (Lipinski definition) is 4. The number of amides is 1. The fraction of sp³-hybridized carbons (Fsp3) is 0.462. The quantitative estimate of drug-likeness (QED) is 0.564. The van der Waals surface area contributed by atoms with Gasteiger partial charge < -0.3 is 19.9 Å².